The molecular weight excluding hydrogens is 322 g/mol. The lowest BCUT2D eigenvalue weighted by Gasteiger charge is -2.25. The molecule has 0 aliphatic heterocycles. The lowest BCUT2D eigenvalue weighted by molar-refractivity contribution is -0.121. The van der Waals surface area contributed by atoms with Crippen molar-refractivity contribution in [2.75, 3.05) is 5.32 Å². The standard InChI is InChI=1S/C19H25NO3S/c1-12-5-7-13(8-6-12)17(21)20-15-11-14(9-10-19(2,3)4)24-16(15)18(22)23/h11-13H,5-8H2,1-4H3,(H,20,21)(H,22,23)/t12-,13-. The Labute approximate surface area is 147 Å². The van der Waals surface area contributed by atoms with Crippen LogP contribution >= 0.6 is 11.3 Å². The Bertz CT molecular complexity index is 680. The average Bonchev–Trinajstić information content (AvgIpc) is 2.88. The van der Waals surface area contributed by atoms with Gasteiger partial charge in [-0.25, -0.2) is 4.79 Å². The Morgan fingerprint density at radius 3 is 2.42 bits per heavy atom. The lowest BCUT2D eigenvalue weighted by atomic mass is 9.82. The van der Waals surface area contributed by atoms with Crippen LogP contribution in [0.2, 0.25) is 0 Å². The number of amides is 1. The van der Waals surface area contributed by atoms with Gasteiger partial charge < -0.3 is 10.4 Å². The SMILES string of the molecule is CC(C)(C)C#Cc1cc(NC(=O)[C@H]2CC[C@H](C)CC2)c(C(=O)O)s1. The largest absolute Gasteiger partial charge is 0.477 e. The number of aromatic carboxylic acids is 1. The van der Waals surface area contributed by atoms with E-state index in [1.807, 2.05) is 20.8 Å². The van der Waals surface area contributed by atoms with Gasteiger partial charge in [-0.05, 0) is 58.4 Å². The van der Waals surface area contributed by atoms with Crippen molar-refractivity contribution in [2.45, 2.75) is 53.4 Å². The molecular formula is C19H25NO3S. The zero-order chi connectivity index (χ0) is 17.9. The Balaban J connectivity index is 2.16. The predicted molar refractivity (Wildman–Crippen MR) is 97.4 cm³/mol. The van der Waals surface area contributed by atoms with E-state index in [4.69, 9.17) is 0 Å². The van der Waals surface area contributed by atoms with E-state index in [-0.39, 0.29) is 22.1 Å². The molecule has 24 heavy (non-hydrogen) atoms. The molecule has 0 aromatic carbocycles. The van der Waals surface area contributed by atoms with E-state index in [1.165, 1.54) is 0 Å². The van der Waals surface area contributed by atoms with E-state index >= 15 is 0 Å². The third-order valence-corrected chi connectivity index (χ3v) is 5.17. The van der Waals surface area contributed by atoms with Gasteiger partial charge >= 0.3 is 5.97 Å². The first kappa shape index (κ1) is 18.5. The molecule has 2 rings (SSSR count). The van der Waals surface area contributed by atoms with Crippen LogP contribution in [0.15, 0.2) is 6.07 Å². The summed E-state index contributed by atoms with van der Waals surface area (Å²) in [6, 6.07) is 1.68. The first-order valence-corrected chi connectivity index (χ1v) is 9.18. The summed E-state index contributed by atoms with van der Waals surface area (Å²) in [5.41, 5.74) is 0.213. The smallest absolute Gasteiger partial charge is 0.348 e. The molecule has 1 aromatic rings. The lowest BCUT2D eigenvalue weighted by Crippen LogP contribution is -2.27. The second kappa shape index (κ2) is 7.40. The first-order chi connectivity index (χ1) is 11.2. The fraction of sp³-hybridized carbons (Fsp3) is 0.579. The fourth-order valence-corrected chi connectivity index (χ4v) is 3.52. The van der Waals surface area contributed by atoms with Crippen LogP contribution in [0.1, 0.15) is 67.9 Å². The molecule has 0 radical (unpaired) electrons. The Morgan fingerprint density at radius 2 is 1.88 bits per heavy atom. The Morgan fingerprint density at radius 1 is 1.25 bits per heavy atom. The van der Waals surface area contributed by atoms with Crippen molar-refractivity contribution < 1.29 is 14.7 Å². The van der Waals surface area contributed by atoms with E-state index < -0.39 is 5.97 Å². The third-order valence-electron chi connectivity index (χ3n) is 4.13. The van der Waals surface area contributed by atoms with Gasteiger partial charge in [-0.1, -0.05) is 18.8 Å². The minimum atomic E-state index is -1.03. The number of carbonyl (C=O) groups is 2. The van der Waals surface area contributed by atoms with Crippen molar-refractivity contribution in [1.82, 2.24) is 0 Å². The number of anilines is 1. The number of carboxylic acids is 1. The number of hydrogen-bond donors (Lipinski definition) is 2. The molecule has 1 aliphatic carbocycles. The molecule has 0 spiro atoms. The van der Waals surface area contributed by atoms with Gasteiger partial charge in [0.1, 0.15) is 4.88 Å². The molecule has 1 saturated carbocycles. The van der Waals surface area contributed by atoms with Crippen LogP contribution in [0.5, 0.6) is 0 Å². The molecule has 4 nitrogen and oxygen atoms in total. The topological polar surface area (TPSA) is 66.4 Å². The highest BCUT2D eigenvalue weighted by atomic mass is 32.1. The van der Waals surface area contributed by atoms with Gasteiger partial charge in [0.2, 0.25) is 5.91 Å². The van der Waals surface area contributed by atoms with E-state index in [9.17, 15) is 14.7 Å². The van der Waals surface area contributed by atoms with Gasteiger partial charge in [0.25, 0.3) is 0 Å². The number of carbonyl (C=O) groups excluding carboxylic acids is 1. The zero-order valence-electron chi connectivity index (χ0n) is 14.7. The van der Waals surface area contributed by atoms with E-state index in [2.05, 4.69) is 24.1 Å². The molecule has 1 fully saturated rings. The highest BCUT2D eigenvalue weighted by molar-refractivity contribution is 7.15. The summed E-state index contributed by atoms with van der Waals surface area (Å²) in [6.07, 6.45) is 3.85. The van der Waals surface area contributed by atoms with Crippen LogP contribution in [0.4, 0.5) is 5.69 Å². The van der Waals surface area contributed by atoms with Crippen molar-refractivity contribution in [3.8, 4) is 11.8 Å². The van der Waals surface area contributed by atoms with Gasteiger partial charge in [0, 0.05) is 11.3 Å². The highest BCUT2D eigenvalue weighted by Crippen LogP contribution is 2.31. The first-order valence-electron chi connectivity index (χ1n) is 8.37. The zero-order valence-corrected chi connectivity index (χ0v) is 15.5. The van der Waals surface area contributed by atoms with Crippen molar-refractivity contribution in [1.29, 1.82) is 0 Å². The van der Waals surface area contributed by atoms with Crippen molar-refractivity contribution >= 4 is 28.9 Å². The second-order valence-electron chi connectivity index (χ2n) is 7.60. The van der Waals surface area contributed by atoms with Gasteiger partial charge in [-0.3, -0.25) is 4.79 Å². The summed E-state index contributed by atoms with van der Waals surface area (Å²) in [7, 11) is 0. The normalized spacial score (nSPS) is 20.8. The van der Waals surface area contributed by atoms with Crippen LogP contribution in [-0.2, 0) is 4.79 Å². The quantitative estimate of drug-likeness (QED) is 0.785. The summed E-state index contributed by atoms with van der Waals surface area (Å²) in [5.74, 6) is 5.65. The maximum absolute atomic E-state index is 12.4. The molecule has 0 bridgehead atoms. The minimum Gasteiger partial charge on any atom is -0.477 e. The number of carboxylic acid groups (broad SMARTS) is 1. The van der Waals surface area contributed by atoms with Crippen LogP contribution in [0, 0.1) is 29.1 Å². The highest BCUT2D eigenvalue weighted by Gasteiger charge is 2.26. The number of hydrogen-bond acceptors (Lipinski definition) is 3. The van der Waals surface area contributed by atoms with E-state index in [0.717, 1.165) is 37.0 Å². The number of nitrogens with one attached hydrogen (secondary N) is 1. The van der Waals surface area contributed by atoms with Crippen LogP contribution < -0.4 is 5.32 Å². The van der Waals surface area contributed by atoms with E-state index in [1.54, 1.807) is 6.07 Å². The molecule has 0 atom stereocenters. The molecule has 1 aliphatic rings. The predicted octanol–water partition coefficient (Wildman–Crippen LogP) is 4.61. The molecule has 2 N–H and O–H groups in total. The molecule has 0 unspecified atom stereocenters. The van der Waals surface area contributed by atoms with Gasteiger partial charge in [-0.2, -0.15) is 0 Å². The van der Waals surface area contributed by atoms with Crippen LogP contribution in [-0.4, -0.2) is 17.0 Å². The fourth-order valence-electron chi connectivity index (χ4n) is 2.71. The summed E-state index contributed by atoms with van der Waals surface area (Å²) in [5, 5.41) is 12.2. The number of thiophene rings is 1. The average molecular weight is 347 g/mol. The third kappa shape index (κ3) is 5.10. The van der Waals surface area contributed by atoms with Gasteiger partial charge in [-0.15, -0.1) is 11.3 Å². The summed E-state index contributed by atoms with van der Waals surface area (Å²) in [6.45, 7) is 8.20. The molecule has 1 amide bonds. The second-order valence-corrected chi connectivity index (χ2v) is 8.66. The van der Waals surface area contributed by atoms with Crippen LogP contribution in [0.25, 0.3) is 0 Å². The molecule has 0 saturated heterocycles. The maximum atomic E-state index is 12.4. The van der Waals surface area contributed by atoms with Crippen molar-refractivity contribution in [3.63, 3.8) is 0 Å². The molecule has 1 heterocycles. The van der Waals surface area contributed by atoms with Gasteiger partial charge in [0.05, 0.1) is 10.6 Å². The van der Waals surface area contributed by atoms with Crippen LogP contribution in [0.3, 0.4) is 0 Å². The monoisotopic (exact) mass is 347 g/mol. The summed E-state index contributed by atoms with van der Waals surface area (Å²) < 4.78 is 0. The number of rotatable bonds is 3. The minimum absolute atomic E-state index is 0.0214. The summed E-state index contributed by atoms with van der Waals surface area (Å²) in [4.78, 5) is 24.7. The van der Waals surface area contributed by atoms with E-state index in [0.29, 0.717) is 16.5 Å². The maximum Gasteiger partial charge on any atom is 0.348 e. The Hall–Kier alpha value is -1.80. The van der Waals surface area contributed by atoms with Crippen molar-refractivity contribution in [2.24, 2.45) is 17.3 Å². The Kier molecular flexibility index (Phi) is 5.71. The van der Waals surface area contributed by atoms with Crippen molar-refractivity contribution in [3.05, 3.63) is 15.8 Å². The molecule has 130 valence electrons. The van der Waals surface area contributed by atoms with Gasteiger partial charge in [0.15, 0.2) is 0 Å². The molecule has 5 heteroatoms. The summed E-state index contributed by atoms with van der Waals surface area (Å²) >= 11 is 1.11. The molecule has 1 aromatic heterocycles.